The number of hydrogen-bond donors (Lipinski definition) is 2. The van der Waals surface area contributed by atoms with Crippen molar-refractivity contribution in [2.75, 3.05) is 31.2 Å². The first-order valence-corrected chi connectivity index (χ1v) is 8.81. The number of carbonyl (C=O) groups excluding carboxylic acids is 1. The number of ether oxygens (including phenoxy) is 1. The summed E-state index contributed by atoms with van der Waals surface area (Å²) >= 11 is 1.13. The van der Waals surface area contributed by atoms with Gasteiger partial charge in [-0.05, 0) is 17.2 Å². The molecule has 0 bridgehead atoms. The Balaban J connectivity index is 1.96. The largest absolute Gasteiger partial charge is 0.505 e. The second kappa shape index (κ2) is 6.34. The summed E-state index contributed by atoms with van der Waals surface area (Å²) in [5.41, 5.74) is 7.20. The van der Waals surface area contributed by atoms with Gasteiger partial charge in [0.25, 0.3) is 5.91 Å². The van der Waals surface area contributed by atoms with E-state index in [2.05, 4.69) is 9.88 Å². The van der Waals surface area contributed by atoms with E-state index in [4.69, 9.17) is 10.5 Å². The minimum atomic E-state index is -0.646. The van der Waals surface area contributed by atoms with Crippen LogP contribution in [0, 0.1) is 0 Å². The van der Waals surface area contributed by atoms with Crippen LogP contribution in [-0.4, -0.2) is 42.3 Å². The predicted octanol–water partition coefficient (Wildman–Crippen LogP) is 2.60. The van der Waals surface area contributed by atoms with E-state index in [1.807, 2.05) is 36.4 Å². The van der Waals surface area contributed by atoms with Gasteiger partial charge < -0.3 is 20.5 Å². The highest BCUT2D eigenvalue weighted by molar-refractivity contribution is 7.21. The van der Waals surface area contributed by atoms with Crippen molar-refractivity contribution in [2.45, 2.75) is 0 Å². The van der Waals surface area contributed by atoms with E-state index in [-0.39, 0.29) is 10.6 Å². The zero-order valence-corrected chi connectivity index (χ0v) is 14.3. The molecular weight excluding hydrogens is 338 g/mol. The summed E-state index contributed by atoms with van der Waals surface area (Å²) in [5.74, 6) is 0.0757. The number of fused-ring (bicyclic) bond motifs is 1. The summed E-state index contributed by atoms with van der Waals surface area (Å²) in [6.07, 6.45) is 0. The Labute approximate surface area is 148 Å². The number of rotatable bonds is 3. The molecule has 128 valence electrons. The Hall–Kier alpha value is -2.64. The Morgan fingerprint density at radius 1 is 1.24 bits per heavy atom. The molecule has 0 saturated carbocycles. The zero-order valence-electron chi connectivity index (χ0n) is 13.4. The van der Waals surface area contributed by atoms with Gasteiger partial charge in [-0.1, -0.05) is 30.3 Å². The van der Waals surface area contributed by atoms with Crippen LogP contribution in [-0.2, 0) is 4.74 Å². The molecule has 1 fully saturated rings. The first-order chi connectivity index (χ1) is 12.1. The molecule has 25 heavy (non-hydrogen) atoms. The molecule has 2 aromatic heterocycles. The average molecular weight is 355 g/mol. The number of nitrogens with two attached hydrogens (primary N) is 1. The van der Waals surface area contributed by atoms with Crippen LogP contribution in [0.2, 0.25) is 0 Å². The zero-order chi connectivity index (χ0) is 17.4. The summed E-state index contributed by atoms with van der Waals surface area (Å²) in [7, 11) is 0. The number of benzene rings is 1. The van der Waals surface area contributed by atoms with Crippen LogP contribution < -0.4 is 10.6 Å². The number of anilines is 1. The fourth-order valence-corrected chi connectivity index (χ4v) is 3.98. The fraction of sp³-hybridized carbons (Fsp3) is 0.222. The summed E-state index contributed by atoms with van der Waals surface area (Å²) < 4.78 is 5.41. The van der Waals surface area contributed by atoms with Crippen LogP contribution in [0.15, 0.2) is 36.4 Å². The van der Waals surface area contributed by atoms with E-state index in [0.29, 0.717) is 23.4 Å². The normalized spacial score (nSPS) is 14.8. The van der Waals surface area contributed by atoms with Gasteiger partial charge in [-0.2, -0.15) is 0 Å². The maximum absolute atomic E-state index is 11.6. The maximum atomic E-state index is 11.6. The van der Waals surface area contributed by atoms with Crippen molar-refractivity contribution in [2.24, 2.45) is 5.73 Å². The molecular formula is C18H17N3O3S. The van der Waals surface area contributed by atoms with Gasteiger partial charge in [0.05, 0.1) is 18.6 Å². The van der Waals surface area contributed by atoms with Crippen molar-refractivity contribution < 1.29 is 14.6 Å². The number of aromatic nitrogens is 1. The number of hydrogen-bond acceptors (Lipinski definition) is 6. The molecule has 6 nitrogen and oxygen atoms in total. The van der Waals surface area contributed by atoms with E-state index >= 15 is 0 Å². The topological polar surface area (TPSA) is 88.7 Å². The monoisotopic (exact) mass is 355 g/mol. The second-order valence-electron chi connectivity index (χ2n) is 5.82. The van der Waals surface area contributed by atoms with Gasteiger partial charge in [-0.15, -0.1) is 11.3 Å². The molecule has 0 atom stereocenters. The van der Waals surface area contributed by atoms with Crippen LogP contribution in [0.3, 0.4) is 0 Å². The van der Waals surface area contributed by atoms with Gasteiger partial charge >= 0.3 is 0 Å². The lowest BCUT2D eigenvalue weighted by atomic mass is 10.0. The number of nitrogens with zero attached hydrogens (tertiary/aromatic N) is 2. The maximum Gasteiger partial charge on any atom is 0.262 e. The quantitative estimate of drug-likeness (QED) is 0.754. The highest BCUT2D eigenvalue weighted by Crippen LogP contribution is 2.43. The molecule has 0 aliphatic carbocycles. The molecule has 0 spiro atoms. The number of amides is 1. The smallest absolute Gasteiger partial charge is 0.262 e. The summed E-state index contributed by atoms with van der Waals surface area (Å²) in [6, 6.07) is 11.7. The minimum absolute atomic E-state index is 0.0904. The number of pyridine rings is 1. The standard InChI is InChI=1S/C18H17N3O3S/c19-17(23)16-15(22)14-12(11-4-2-1-3-5-11)10-13(20-18(14)25-16)21-6-8-24-9-7-21/h1-5,10,22H,6-9H2,(H2,19,23). The van der Waals surface area contributed by atoms with Gasteiger partial charge in [-0.3, -0.25) is 4.79 Å². The number of morpholine rings is 1. The molecule has 1 aliphatic rings. The average Bonchev–Trinajstić information content (AvgIpc) is 2.99. The summed E-state index contributed by atoms with van der Waals surface area (Å²) in [6.45, 7) is 2.82. The fourth-order valence-electron chi connectivity index (χ4n) is 3.04. The SMILES string of the molecule is NC(=O)c1sc2nc(N3CCOCC3)cc(-c3ccccc3)c2c1O. The third-order valence-corrected chi connectivity index (χ3v) is 5.35. The highest BCUT2D eigenvalue weighted by Gasteiger charge is 2.23. The van der Waals surface area contributed by atoms with Crippen LogP contribution in [0.4, 0.5) is 5.82 Å². The van der Waals surface area contributed by atoms with Gasteiger partial charge in [0.2, 0.25) is 0 Å². The van der Waals surface area contributed by atoms with Crippen molar-refractivity contribution in [3.8, 4) is 16.9 Å². The first kappa shape index (κ1) is 15.9. The second-order valence-corrected chi connectivity index (χ2v) is 6.82. The van der Waals surface area contributed by atoms with E-state index in [0.717, 1.165) is 41.4 Å². The Morgan fingerprint density at radius 3 is 2.64 bits per heavy atom. The van der Waals surface area contributed by atoms with Crippen molar-refractivity contribution in [3.63, 3.8) is 0 Å². The van der Waals surface area contributed by atoms with Crippen molar-refractivity contribution in [1.29, 1.82) is 0 Å². The highest BCUT2D eigenvalue weighted by atomic mass is 32.1. The number of primary amides is 1. The number of carbonyl (C=O) groups is 1. The number of aromatic hydroxyl groups is 1. The first-order valence-electron chi connectivity index (χ1n) is 7.99. The predicted molar refractivity (Wildman–Crippen MR) is 98.3 cm³/mol. The van der Waals surface area contributed by atoms with Crippen molar-refractivity contribution in [3.05, 3.63) is 41.3 Å². The third kappa shape index (κ3) is 2.81. The molecule has 0 radical (unpaired) electrons. The molecule has 3 N–H and O–H groups in total. The van der Waals surface area contributed by atoms with Crippen molar-refractivity contribution in [1.82, 2.24) is 4.98 Å². The van der Waals surface area contributed by atoms with Gasteiger partial charge in [0.15, 0.2) is 0 Å². The molecule has 0 unspecified atom stereocenters. The van der Waals surface area contributed by atoms with Gasteiger partial charge in [-0.25, -0.2) is 4.98 Å². The lowest BCUT2D eigenvalue weighted by Crippen LogP contribution is -2.36. The van der Waals surface area contributed by atoms with E-state index in [9.17, 15) is 9.90 Å². The van der Waals surface area contributed by atoms with Crippen LogP contribution >= 0.6 is 11.3 Å². The van der Waals surface area contributed by atoms with Crippen LogP contribution in [0.25, 0.3) is 21.3 Å². The Bertz CT molecular complexity index is 934. The van der Waals surface area contributed by atoms with E-state index in [1.165, 1.54) is 0 Å². The van der Waals surface area contributed by atoms with Crippen LogP contribution in [0.5, 0.6) is 5.75 Å². The molecule has 3 aromatic rings. The lowest BCUT2D eigenvalue weighted by molar-refractivity contribution is 0.100. The van der Waals surface area contributed by atoms with E-state index in [1.54, 1.807) is 0 Å². The Kier molecular flexibility index (Phi) is 4.03. The van der Waals surface area contributed by atoms with Crippen LogP contribution in [0.1, 0.15) is 9.67 Å². The molecule has 1 aliphatic heterocycles. The van der Waals surface area contributed by atoms with Gasteiger partial charge in [0.1, 0.15) is 21.3 Å². The lowest BCUT2D eigenvalue weighted by Gasteiger charge is -2.28. The molecule has 4 rings (SSSR count). The molecule has 1 saturated heterocycles. The van der Waals surface area contributed by atoms with Gasteiger partial charge in [0, 0.05) is 13.1 Å². The molecule has 3 heterocycles. The molecule has 1 aromatic carbocycles. The van der Waals surface area contributed by atoms with E-state index < -0.39 is 5.91 Å². The third-order valence-electron chi connectivity index (χ3n) is 4.27. The number of thiophene rings is 1. The molecule has 1 amide bonds. The minimum Gasteiger partial charge on any atom is -0.505 e. The van der Waals surface area contributed by atoms with Crippen molar-refractivity contribution >= 4 is 33.3 Å². The summed E-state index contributed by atoms with van der Waals surface area (Å²) in [4.78, 5) is 19.2. The summed E-state index contributed by atoms with van der Waals surface area (Å²) in [5, 5.41) is 11.1. The molecule has 7 heteroatoms. The Morgan fingerprint density at radius 2 is 1.96 bits per heavy atom.